The number of rotatable bonds is 5. The molecule has 0 bridgehead atoms. The first kappa shape index (κ1) is 11.3. The van der Waals surface area contributed by atoms with Gasteiger partial charge in [0.2, 0.25) is 10.0 Å². The number of sulfonamides is 1. The topological polar surface area (TPSA) is 67.4 Å². The first-order chi connectivity index (χ1) is 7.16. The highest BCUT2D eigenvalue weighted by Gasteiger charge is 2.28. The van der Waals surface area contributed by atoms with Crippen LogP contribution in [0.4, 0.5) is 0 Å². The predicted molar refractivity (Wildman–Crippen MR) is 57.1 cm³/mol. The van der Waals surface area contributed by atoms with Crippen molar-refractivity contribution in [3.63, 3.8) is 0 Å². The minimum absolute atomic E-state index is 0.118. The maximum Gasteiger partial charge on any atom is 0.211 e. The molecule has 1 saturated carbocycles. The summed E-state index contributed by atoms with van der Waals surface area (Å²) in [4.78, 5) is 0. The maximum atomic E-state index is 11.5. The van der Waals surface area contributed by atoms with Crippen LogP contribution in [0.3, 0.4) is 0 Å². The van der Waals surface area contributed by atoms with Gasteiger partial charge in [0.25, 0.3) is 0 Å². The second kappa shape index (κ2) is 4.78. The van der Waals surface area contributed by atoms with E-state index >= 15 is 0 Å². The summed E-state index contributed by atoms with van der Waals surface area (Å²) in [5.41, 5.74) is 0. The summed E-state index contributed by atoms with van der Waals surface area (Å²) >= 11 is 0. The van der Waals surface area contributed by atoms with Crippen LogP contribution in [0.25, 0.3) is 0 Å². The third kappa shape index (κ3) is 4.06. The van der Waals surface area contributed by atoms with Crippen LogP contribution in [0.1, 0.15) is 12.8 Å². The summed E-state index contributed by atoms with van der Waals surface area (Å²) in [6.45, 7) is 2.54. The van der Waals surface area contributed by atoms with Gasteiger partial charge in [-0.1, -0.05) is 0 Å². The second-order valence-electron chi connectivity index (χ2n) is 4.30. The number of morpholine rings is 1. The van der Waals surface area contributed by atoms with Gasteiger partial charge in [0.15, 0.2) is 0 Å². The predicted octanol–water partition coefficient (Wildman–Crippen LogP) is -0.696. The molecule has 1 heterocycles. The summed E-state index contributed by atoms with van der Waals surface area (Å²) in [5, 5.41) is 3.21. The van der Waals surface area contributed by atoms with E-state index in [9.17, 15) is 8.42 Å². The van der Waals surface area contributed by atoms with E-state index in [1.54, 1.807) is 0 Å². The number of hydrogen-bond donors (Lipinski definition) is 2. The molecule has 2 fully saturated rings. The van der Waals surface area contributed by atoms with E-state index < -0.39 is 10.0 Å². The molecule has 1 aliphatic carbocycles. The average molecular weight is 234 g/mol. The third-order valence-corrected chi connectivity index (χ3v) is 4.22. The van der Waals surface area contributed by atoms with Crippen LogP contribution in [0.2, 0.25) is 0 Å². The first-order valence-electron chi connectivity index (χ1n) is 5.44. The molecule has 0 aromatic rings. The molecule has 0 spiro atoms. The lowest BCUT2D eigenvalue weighted by Gasteiger charge is -2.23. The highest BCUT2D eigenvalue weighted by molar-refractivity contribution is 7.89. The van der Waals surface area contributed by atoms with Gasteiger partial charge in [0.1, 0.15) is 0 Å². The van der Waals surface area contributed by atoms with Crippen molar-refractivity contribution in [2.45, 2.75) is 18.9 Å². The van der Waals surface area contributed by atoms with Crippen LogP contribution in [-0.2, 0) is 14.8 Å². The minimum Gasteiger partial charge on any atom is -0.378 e. The molecule has 0 aromatic carbocycles. The van der Waals surface area contributed by atoms with E-state index in [4.69, 9.17) is 4.74 Å². The quantitative estimate of drug-likeness (QED) is 0.660. The SMILES string of the molecule is O=S(=O)(CC1CC1)NCC1COCCN1. The van der Waals surface area contributed by atoms with Crippen LogP contribution in [0.5, 0.6) is 0 Å². The van der Waals surface area contributed by atoms with Gasteiger partial charge >= 0.3 is 0 Å². The summed E-state index contributed by atoms with van der Waals surface area (Å²) < 4.78 is 31.0. The molecule has 2 N–H and O–H groups in total. The van der Waals surface area contributed by atoms with Crippen molar-refractivity contribution >= 4 is 10.0 Å². The van der Waals surface area contributed by atoms with Crippen LogP contribution < -0.4 is 10.0 Å². The zero-order chi connectivity index (χ0) is 10.7. The molecule has 88 valence electrons. The molecule has 2 aliphatic rings. The molecule has 0 amide bonds. The molecule has 1 aliphatic heterocycles. The lowest BCUT2D eigenvalue weighted by molar-refractivity contribution is 0.0784. The van der Waals surface area contributed by atoms with Gasteiger partial charge in [-0.25, -0.2) is 13.1 Å². The maximum absolute atomic E-state index is 11.5. The fraction of sp³-hybridized carbons (Fsp3) is 1.00. The van der Waals surface area contributed by atoms with Crippen molar-refractivity contribution in [2.24, 2.45) is 5.92 Å². The Balaban J connectivity index is 1.70. The van der Waals surface area contributed by atoms with Gasteiger partial charge in [-0.2, -0.15) is 0 Å². The van der Waals surface area contributed by atoms with E-state index in [0.717, 1.165) is 19.4 Å². The van der Waals surface area contributed by atoms with E-state index in [-0.39, 0.29) is 6.04 Å². The fourth-order valence-electron chi connectivity index (χ4n) is 1.63. The van der Waals surface area contributed by atoms with Gasteiger partial charge in [0.05, 0.1) is 19.0 Å². The molecular formula is C9H18N2O3S. The molecule has 1 saturated heterocycles. The molecule has 6 heteroatoms. The Labute approximate surface area is 90.6 Å². The smallest absolute Gasteiger partial charge is 0.211 e. The molecule has 15 heavy (non-hydrogen) atoms. The van der Waals surface area contributed by atoms with Gasteiger partial charge in [-0.15, -0.1) is 0 Å². The number of hydrogen-bond acceptors (Lipinski definition) is 4. The van der Waals surface area contributed by atoms with Gasteiger partial charge in [0, 0.05) is 19.1 Å². The Bertz CT molecular complexity index is 294. The summed E-state index contributed by atoms with van der Waals surface area (Å²) in [5.74, 6) is 0.693. The van der Waals surface area contributed by atoms with E-state index in [1.807, 2.05) is 0 Å². The molecule has 2 rings (SSSR count). The van der Waals surface area contributed by atoms with Crippen LogP contribution >= 0.6 is 0 Å². The summed E-state index contributed by atoms with van der Waals surface area (Å²) in [6.07, 6.45) is 2.12. The van der Waals surface area contributed by atoms with Gasteiger partial charge < -0.3 is 10.1 Å². The standard InChI is InChI=1S/C9H18N2O3S/c12-15(13,7-8-1-2-8)11-5-9-6-14-4-3-10-9/h8-11H,1-7H2. The third-order valence-electron chi connectivity index (χ3n) is 2.70. The van der Waals surface area contributed by atoms with Crippen molar-refractivity contribution in [3.8, 4) is 0 Å². The Morgan fingerprint density at radius 1 is 1.40 bits per heavy atom. The van der Waals surface area contributed by atoms with Crippen LogP contribution in [0, 0.1) is 5.92 Å². The summed E-state index contributed by atoms with van der Waals surface area (Å²) in [6, 6.07) is 0.118. The molecule has 0 radical (unpaired) electrons. The lowest BCUT2D eigenvalue weighted by atomic mass is 10.3. The average Bonchev–Trinajstić information content (AvgIpc) is 3.00. The molecule has 1 atom stereocenters. The minimum atomic E-state index is -3.06. The van der Waals surface area contributed by atoms with Crippen molar-refractivity contribution in [3.05, 3.63) is 0 Å². The lowest BCUT2D eigenvalue weighted by Crippen LogP contribution is -2.48. The normalized spacial score (nSPS) is 27.9. The van der Waals surface area contributed by atoms with Crippen molar-refractivity contribution < 1.29 is 13.2 Å². The first-order valence-corrected chi connectivity index (χ1v) is 7.09. The largest absolute Gasteiger partial charge is 0.378 e. The highest BCUT2D eigenvalue weighted by Crippen LogP contribution is 2.29. The van der Waals surface area contributed by atoms with E-state index in [2.05, 4.69) is 10.0 Å². The Morgan fingerprint density at radius 2 is 2.20 bits per heavy atom. The van der Waals surface area contributed by atoms with E-state index in [1.165, 1.54) is 0 Å². The Morgan fingerprint density at radius 3 is 2.80 bits per heavy atom. The Kier molecular flexibility index (Phi) is 3.60. The molecular weight excluding hydrogens is 216 g/mol. The zero-order valence-corrected chi connectivity index (χ0v) is 9.55. The molecule has 5 nitrogen and oxygen atoms in total. The number of nitrogens with one attached hydrogen (secondary N) is 2. The van der Waals surface area contributed by atoms with Crippen LogP contribution in [-0.4, -0.2) is 46.5 Å². The van der Waals surface area contributed by atoms with E-state index in [0.29, 0.717) is 31.4 Å². The zero-order valence-electron chi connectivity index (χ0n) is 8.74. The van der Waals surface area contributed by atoms with Gasteiger partial charge in [-0.3, -0.25) is 0 Å². The van der Waals surface area contributed by atoms with Crippen molar-refractivity contribution in [1.29, 1.82) is 0 Å². The van der Waals surface area contributed by atoms with Crippen LogP contribution in [0.15, 0.2) is 0 Å². The van der Waals surface area contributed by atoms with Crippen molar-refractivity contribution in [1.82, 2.24) is 10.0 Å². The fourth-order valence-corrected chi connectivity index (χ4v) is 3.16. The highest BCUT2D eigenvalue weighted by atomic mass is 32.2. The molecule has 0 aromatic heterocycles. The summed E-state index contributed by atoms with van der Waals surface area (Å²) in [7, 11) is -3.06. The molecule has 1 unspecified atom stereocenters. The second-order valence-corrected chi connectivity index (χ2v) is 6.15. The number of ether oxygens (including phenoxy) is 1. The monoisotopic (exact) mass is 234 g/mol. The van der Waals surface area contributed by atoms with Gasteiger partial charge in [-0.05, 0) is 18.8 Å². The van der Waals surface area contributed by atoms with Crippen molar-refractivity contribution in [2.75, 3.05) is 32.1 Å². The Hall–Kier alpha value is -0.170.